The number of hydrogen-bond donors (Lipinski definition) is 2. The van der Waals surface area contributed by atoms with E-state index < -0.39 is 0 Å². The molecule has 3 N–H and O–H groups in total. The van der Waals surface area contributed by atoms with E-state index in [1.165, 1.54) is 16.7 Å². The number of nitrogens with two attached hydrogens (primary N) is 1. The Morgan fingerprint density at radius 1 is 1.06 bits per heavy atom. The van der Waals surface area contributed by atoms with E-state index in [-0.39, 0.29) is 0 Å². The van der Waals surface area contributed by atoms with E-state index >= 15 is 0 Å². The Balaban J connectivity index is 1.96. The number of aryl methyl sites for hydroxylation is 2. The quantitative estimate of drug-likeness (QED) is 0.802. The summed E-state index contributed by atoms with van der Waals surface area (Å²) >= 11 is 0. The Morgan fingerprint density at radius 2 is 1.83 bits per heavy atom. The lowest BCUT2D eigenvalue weighted by atomic mass is 10.1. The van der Waals surface area contributed by atoms with Crippen molar-refractivity contribution in [3.63, 3.8) is 0 Å². The number of nitrogens with one attached hydrogen (secondary N) is 1. The van der Waals surface area contributed by atoms with Crippen molar-refractivity contribution in [3.05, 3.63) is 59.2 Å². The van der Waals surface area contributed by atoms with E-state index in [1.807, 2.05) is 12.1 Å². The summed E-state index contributed by atoms with van der Waals surface area (Å²) in [4.78, 5) is 0. The molecule has 0 aliphatic carbocycles. The molecule has 0 spiro atoms. The van der Waals surface area contributed by atoms with E-state index in [0.717, 1.165) is 24.3 Å². The van der Waals surface area contributed by atoms with E-state index in [4.69, 9.17) is 5.73 Å². The van der Waals surface area contributed by atoms with E-state index in [0.29, 0.717) is 0 Å². The molecule has 2 rings (SSSR count). The van der Waals surface area contributed by atoms with Crippen molar-refractivity contribution in [1.82, 2.24) is 0 Å². The highest BCUT2D eigenvalue weighted by atomic mass is 14.9. The van der Waals surface area contributed by atoms with Crippen LogP contribution in [0.4, 0.5) is 11.4 Å². The SMILES string of the molecule is Cc1ccc(N)c(NCCc2ccccc2C)c1. The van der Waals surface area contributed by atoms with Crippen molar-refractivity contribution in [3.8, 4) is 0 Å². The summed E-state index contributed by atoms with van der Waals surface area (Å²) in [5.41, 5.74) is 11.7. The van der Waals surface area contributed by atoms with Gasteiger partial charge in [-0.15, -0.1) is 0 Å². The van der Waals surface area contributed by atoms with Crippen LogP contribution in [0.1, 0.15) is 16.7 Å². The van der Waals surface area contributed by atoms with Crippen LogP contribution < -0.4 is 11.1 Å². The van der Waals surface area contributed by atoms with Gasteiger partial charge in [0.15, 0.2) is 0 Å². The molecular formula is C16H20N2. The predicted octanol–water partition coefficient (Wildman–Crippen LogP) is 3.54. The third kappa shape index (κ3) is 3.04. The minimum atomic E-state index is 0.811. The van der Waals surface area contributed by atoms with Gasteiger partial charge in [0.05, 0.1) is 11.4 Å². The molecule has 0 radical (unpaired) electrons. The van der Waals surface area contributed by atoms with Crippen molar-refractivity contribution < 1.29 is 0 Å². The van der Waals surface area contributed by atoms with Crippen molar-refractivity contribution in [2.24, 2.45) is 0 Å². The molecular weight excluding hydrogens is 220 g/mol. The second-order valence-corrected chi connectivity index (χ2v) is 4.69. The Morgan fingerprint density at radius 3 is 2.61 bits per heavy atom. The topological polar surface area (TPSA) is 38.0 Å². The molecule has 0 aromatic heterocycles. The van der Waals surface area contributed by atoms with E-state index in [9.17, 15) is 0 Å². The van der Waals surface area contributed by atoms with Crippen LogP contribution in [0, 0.1) is 13.8 Å². The Labute approximate surface area is 109 Å². The minimum absolute atomic E-state index is 0.811. The second-order valence-electron chi connectivity index (χ2n) is 4.69. The third-order valence-corrected chi connectivity index (χ3v) is 3.18. The van der Waals surface area contributed by atoms with Crippen LogP contribution in [0.2, 0.25) is 0 Å². The lowest BCUT2D eigenvalue weighted by Gasteiger charge is -2.11. The molecule has 0 aliphatic heterocycles. The third-order valence-electron chi connectivity index (χ3n) is 3.18. The van der Waals surface area contributed by atoms with Gasteiger partial charge in [-0.2, -0.15) is 0 Å². The number of rotatable bonds is 4. The fourth-order valence-electron chi connectivity index (χ4n) is 2.05. The highest BCUT2D eigenvalue weighted by molar-refractivity contribution is 5.66. The van der Waals surface area contributed by atoms with Crippen LogP contribution in [0.5, 0.6) is 0 Å². The lowest BCUT2D eigenvalue weighted by molar-refractivity contribution is 1.01. The molecule has 0 saturated heterocycles. The zero-order chi connectivity index (χ0) is 13.0. The van der Waals surface area contributed by atoms with Gasteiger partial charge in [0.25, 0.3) is 0 Å². The highest BCUT2D eigenvalue weighted by Gasteiger charge is 2.00. The molecule has 2 aromatic carbocycles. The van der Waals surface area contributed by atoms with Crippen LogP contribution in [0.15, 0.2) is 42.5 Å². The molecule has 2 nitrogen and oxygen atoms in total. The van der Waals surface area contributed by atoms with Crippen LogP contribution in [0.25, 0.3) is 0 Å². The molecule has 0 unspecified atom stereocenters. The summed E-state index contributed by atoms with van der Waals surface area (Å²) in [5.74, 6) is 0. The molecule has 0 fully saturated rings. The van der Waals surface area contributed by atoms with Crippen LogP contribution in [-0.4, -0.2) is 6.54 Å². The van der Waals surface area contributed by atoms with Gasteiger partial charge in [0.1, 0.15) is 0 Å². The maximum atomic E-state index is 5.94. The standard InChI is InChI=1S/C16H20N2/c1-12-7-8-15(17)16(11-12)18-10-9-14-6-4-3-5-13(14)2/h3-8,11,18H,9-10,17H2,1-2H3. The summed E-state index contributed by atoms with van der Waals surface area (Å²) in [7, 11) is 0. The first-order valence-corrected chi connectivity index (χ1v) is 6.31. The van der Waals surface area contributed by atoms with E-state index in [2.05, 4.69) is 49.5 Å². The zero-order valence-corrected chi connectivity index (χ0v) is 11.0. The van der Waals surface area contributed by atoms with Crippen molar-refractivity contribution in [2.75, 3.05) is 17.6 Å². The number of anilines is 2. The normalized spacial score (nSPS) is 10.3. The summed E-state index contributed by atoms with van der Waals surface area (Å²) in [6.07, 6.45) is 1.01. The summed E-state index contributed by atoms with van der Waals surface area (Å²) < 4.78 is 0. The van der Waals surface area contributed by atoms with Crippen molar-refractivity contribution in [2.45, 2.75) is 20.3 Å². The van der Waals surface area contributed by atoms with Gasteiger partial charge in [0.2, 0.25) is 0 Å². The van der Waals surface area contributed by atoms with Gasteiger partial charge in [0, 0.05) is 6.54 Å². The van der Waals surface area contributed by atoms with Crippen LogP contribution in [-0.2, 0) is 6.42 Å². The summed E-state index contributed by atoms with van der Waals surface area (Å²) in [6, 6.07) is 14.6. The number of hydrogen-bond acceptors (Lipinski definition) is 2. The molecule has 2 aromatic rings. The van der Waals surface area contributed by atoms with Crippen LogP contribution in [0.3, 0.4) is 0 Å². The molecule has 0 amide bonds. The van der Waals surface area contributed by atoms with Crippen LogP contribution >= 0.6 is 0 Å². The van der Waals surface area contributed by atoms with Gasteiger partial charge >= 0.3 is 0 Å². The smallest absolute Gasteiger partial charge is 0.0576 e. The maximum Gasteiger partial charge on any atom is 0.0576 e. The fourth-order valence-corrected chi connectivity index (χ4v) is 2.05. The first kappa shape index (κ1) is 12.5. The largest absolute Gasteiger partial charge is 0.397 e. The highest BCUT2D eigenvalue weighted by Crippen LogP contribution is 2.19. The molecule has 18 heavy (non-hydrogen) atoms. The molecule has 94 valence electrons. The summed E-state index contributed by atoms with van der Waals surface area (Å²) in [5, 5.41) is 3.40. The first-order valence-electron chi connectivity index (χ1n) is 6.31. The Kier molecular flexibility index (Phi) is 3.88. The lowest BCUT2D eigenvalue weighted by Crippen LogP contribution is -2.07. The van der Waals surface area contributed by atoms with Gasteiger partial charge in [-0.05, 0) is 49.1 Å². The van der Waals surface area contributed by atoms with E-state index in [1.54, 1.807) is 0 Å². The van der Waals surface area contributed by atoms with Gasteiger partial charge in [-0.1, -0.05) is 30.3 Å². The average molecular weight is 240 g/mol. The molecule has 0 atom stereocenters. The summed E-state index contributed by atoms with van der Waals surface area (Å²) in [6.45, 7) is 5.13. The monoisotopic (exact) mass is 240 g/mol. The average Bonchev–Trinajstić information content (AvgIpc) is 2.36. The molecule has 0 heterocycles. The zero-order valence-electron chi connectivity index (χ0n) is 11.0. The minimum Gasteiger partial charge on any atom is -0.397 e. The first-order chi connectivity index (χ1) is 8.66. The Hall–Kier alpha value is -1.96. The molecule has 0 saturated carbocycles. The van der Waals surface area contributed by atoms with Gasteiger partial charge < -0.3 is 11.1 Å². The molecule has 0 aliphatic rings. The molecule has 0 bridgehead atoms. The van der Waals surface area contributed by atoms with Gasteiger partial charge in [-0.25, -0.2) is 0 Å². The predicted molar refractivity (Wildman–Crippen MR) is 79.0 cm³/mol. The van der Waals surface area contributed by atoms with Crippen molar-refractivity contribution >= 4 is 11.4 Å². The number of benzene rings is 2. The number of nitrogen functional groups attached to an aromatic ring is 1. The second kappa shape index (κ2) is 5.58. The molecule has 2 heteroatoms. The Bertz CT molecular complexity index is 532. The maximum absolute atomic E-state index is 5.94. The van der Waals surface area contributed by atoms with Gasteiger partial charge in [-0.3, -0.25) is 0 Å². The van der Waals surface area contributed by atoms with Crippen molar-refractivity contribution in [1.29, 1.82) is 0 Å². The fraction of sp³-hybridized carbons (Fsp3) is 0.250.